The van der Waals surface area contributed by atoms with E-state index in [-0.39, 0.29) is 17.8 Å². The number of ether oxygens (including phenoxy) is 3. The first-order valence-corrected chi connectivity index (χ1v) is 8.58. The van der Waals surface area contributed by atoms with Gasteiger partial charge in [0.2, 0.25) is 0 Å². The minimum absolute atomic E-state index is 0.0833. The Hall–Kier alpha value is -0.160. The largest absolute Gasteiger partial charge is 0.390 e. The molecule has 6 atom stereocenters. The summed E-state index contributed by atoms with van der Waals surface area (Å²) in [6.45, 7) is 11.0. The summed E-state index contributed by atoms with van der Waals surface area (Å²) in [5.74, 6) is 1.67. The summed E-state index contributed by atoms with van der Waals surface area (Å²) < 4.78 is 16.2. The molecule has 1 N–H and O–H groups in total. The fourth-order valence-corrected chi connectivity index (χ4v) is 3.90. The van der Waals surface area contributed by atoms with Crippen LogP contribution in [0.5, 0.6) is 0 Å². The molecule has 0 saturated carbocycles. The van der Waals surface area contributed by atoms with Crippen LogP contribution in [-0.4, -0.2) is 43.4 Å². The minimum atomic E-state index is -0.319. The van der Waals surface area contributed by atoms with Gasteiger partial charge in [-0.25, -0.2) is 0 Å². The van der Waals surface area contributed by atoms with Gasteiger partial charge in [-0.1, -0.05) is 27.2 Å². The van der Waals surface area contributed by atoms with Gasteiger partial charge in [-0.05, 0) is 38.0 Å². The third-order valence-corrected chi connectivity index (χ3v) is 5.84. The molecule has 0 aromatic carbocycles. The maximum atomic E-state index is 9.64. The van der Waals surface area contributed by atoms with Gasteiger partial charge in [-0.15, -0.1) is 0 Å². The van der Waals surface area contributed by atoms with E-state index in [1.165, 1.54) is 12.8 Å². The smallest absolute Gasteiger partial charge is 0.165 e. The van der Waals surface area contributed by atoms with E-state index in [1.807, 2.05) is 0 Å². The number of aliphatic hydroxyl groups is 1. The van der Waals surface area contributed by atoms with Crippen LogP contribution < -0.4 is 0 Å². The van der Waals surface area contributed by atoms with Crippen molar-refractivity contribution in [1.82, 2.24) is 0 Å². The van der Waals surface area contributed by atoms with Crippen molar-refractivity contribution < 1.29 is 19.3 Å². The van der Waals surface area contributed by atoms with Crippen molar-refractivity contribution in [1.29, 1.82) is 0 Å². The zero-order valence-electron chi connectivity index (χ0n) is 14.0. The summed E-state index contributed by atoms with van der Waals surface area (Å²) in [4.78, 5) is 0. The molecule has 4 heteroatoms. The first kappa shape index (κ1) is 17.2. The summed E-state index contributed by atoms with van der Waals surface area (Å²) in [5, 5.41) is 9.64. The third kappa shape index (κ3) is 3.44. The van der Waals surface area contributed by atoms with Crippen molar-refractivity contribution in [2.75, 3.05) is 19.8 Å². The van der Waals surface area contributed by atoms with Crippen molar-refractivity contribution in [3.63, 3.8) is 0 Å². The third-order valence-electron chi connectivity index (χ3n) is 5.84. The van der Waals surface area contributed by atoms with Crippen LogP contribution in [0.3, 0.4) is 0 Å². The Morgan fingerprint density at radius 2 is 1.95 bits per heavy atom. The highest BCUT2D eigenvalue weighted by molar-refractivity contribution is 4.96. The normalized spacial score (nSPS) is 43.3. The average molecular weight is 300 g/mol. The zero-order valence-corrected chi connectivity index (χ0v) is 14.0. The van der Waals surface area contributed by atoms with E-state index in [0.29, 0.717) is 12.7 Å². The fourth-order valence-electron chi connectivity index (χ4n) is 3.90. The van der Waals surface area contributed by atoms with Crippen LogP contribution in [0.1, 0.15) is 53.4 Å². The predicted octanol–water partition coefficient (Wildman–Crippen LogP) is 2.98. The van der Waals surface area contributed by atoms with Crippen LogP contribution >= 0.6 is 0 Å². The van der Waals surface area contributed by atoms with E-state index in [9.17, 15) is 5.11 Å². The number of hydrogen-bond donors (Lipinski definition) is 1. The molecule has 0 aliphatic carbocycles. The highest BCUT2D eigenvalue weighted by Gasteiger charge is 2.53. The van der Waals surface area contributed by atoms with Crippen LogP contribution in [0.2, 0.25) is 0 Å². The van der Waals surface area contributed by atoms with Crippen LogP contribution in [0.15, 0.2) is 0 Å². The monoisotopic (exact) mass is 300 g/mol. The molecule has 0 radical (unpaired) electrons. The SMILES string of the molecule is CC[C@@H](C)[C@H]1CCO[C@H]1C.CC[C@@]12CCO[C@@H]1OC[C@@H]2O. The average Bonchev–Trinajstić information content (AvgIpc) is 3.16. The zero-order chi connectivity index (χ0) is 15.5. The molecule has 0 spiro atoms. The standard InChI is InChI=1S/C9H18O.C8H14O3/c1-4-7(2)9-5-6-10-8(9)3;1-2-8-3-4-10-7(8)11-5-6(8)9/h7-9H,4-6H2,1-3H3;6-7,9H,2-5H2,1H3/t7-,8+,9-;6-,7+,8-/m10/s1. The molecule has 3 fully saturated rings. The lowest BCUT2D eigenvalue weighted by Gasteiger charge is -2.26. The molecular weight excluding hydrogens is 268 g/mol. The Kier molecular flexibility index (Phi) is 6.06. The molecule has 4 nitrogen and oxygen atoms in total. The summed E-state index contributed by atoms with van der Waals surface area (Å²) >= 11 is 0. The lowest BCUT2D eigenvalue weighted by molar-refractivity contribution is -0.112. The van der Waals surface area contributed by atoms with E-state index >= 15 is 0 Å². The Labute approximate surface area is 129 Å². The second kappa shape index (κ2) is 7.40. The van der Waals surface area contributed by atoms with Gasteiger partial charge >= 0.3 is 0 Å². The molecule has 0 unspecified atom stereocenters. The first-order valence-electron chi connectivity index (χ1n) is 8.58. The van der Waals surface area contributed by atoms with Gasteiger partial charge in [0, 0.05) is 6.61 Å². The van der Waals surface area contributed by atoms with Gasteiger partial charge in [-0.3, -0.25) is 0 Å². The number of aliphatic hydroxyl groups excluding tert-OH is 1. The van der Waals surface area contributed by atoms with Crippen LogP contribution in [-0.2, 0) is 14.2 Å². The van der Waals surface area contributed by atoms with Gasteiger partial charge in [0.05, 0.1) is 30.8 Å². The lowest BCUT2D eigenvalue weighted by Crippen LogP contribution is -2.35. The van der Waals surface area contributed by atoms with E-state index in [1.54, 1.807) is 0 Å². The number of hydrogen-bond acceptors (Lipinski definition) is 4. The highest BCUT2D eigenvalue weighted by Crippen LogP contribution is 2.46. The maximum Gasteiger partial charge on any atom is 0.165 e. The Balaban J connectivity index is 0.000000155. The second-order valence-corrected chi connectivity index (χ2v) is 6.80. The molecule has 21 heavy (non-hydrogen) atoms. The summed E-state index contributed by atoms with van der Waals surface area (Å²) in [5.41, 5.74) is -0.0833. The fraction of sp³-hybridized carbons (Fsp3) is 1.00. The maximum absolute atomic E-state index is 9.64. The quantitative estimate of drug-likeness (QED) is 0.870. The minimum Gasteiger partial charge on any atom is -0.390 e. The van der Waals surface area contributed by atoms with Gasteiger partial charge in [0.15, 0.2) is 6.29 Å². The van der Waals surface area contributed by atoms with E-state index < -0.39 is 0 Å². The Morgan fingerprint density at radius 1 is 1.19 bits per heavy atom. The highest BCUT2D eigenvalue weighted by atomic mass is 16.7. The number of fused-ring (bicyclic) bond motifs is 1. The molecule has 3 aliphatic rings. The van der Waals surface area contributed by atoms with Crippen molar-refractivity contribution in [3.8, 4) is 0 Å². The molecule has 3 rings (SSSR count). The second-order valence-electron chi connectivity index (χ2n) is 6.80. The summed E-state index contributed by atoms with van der Waals surface area (Å²) in [6.07, 6.45) is 4.50. The Bertz CT molecular complexity index is 322. The van der Waals surface area contributed by atoms with Crippen molar-refractivity contribution in [3.05, 3.63) is 0 Å². The molecule has 124 valence electrons. The van der Waals surface area contributed by atoms with Crippen LogP contribution in [0, 0.1) is 17.3 Å². The topological polar surface area (TPSA) is 47.9 Å². The van der Waals surface area contributed by atoms with Crippen LogP contribution in [0.25, 0.3) is 0 Å². The van der Waals surface area contributed by atoms with E-state index in [4.69, 9.17) is 14.2 Å². The molecule has 3 aliphatic heterocycles. The molecule has 3 saturated heterocycles. The first-order chi connectivity index (χ1) is 10.0. The van der Waals surface area contributed by atoms with E-state index in [0.717, 1.165) is 37.9 Å². The van der Waals surface area contributed by atoms with Crippen molar-refractivity contribution in [2.24, 2.45) is 17.3 Å². The molecule has 0 aromatic heterocycles. The summed E-state index contributed by atoms with van der Waals surface area (Å²) in [7, 11) is 0. The van der Waals surface area contributed by atoms with Gasteiger partial charge in [-0.2, -0.15) is 0 Å². The lowest BCUT2D eigenvalue weighted by atomic mass is 9.79. The number of rotatable bonds is 3. The molecule has 0 amide bonds. The van der Waals surface area contributed by atoms with Gasteiger partial charge < -0.3 is 19.3 Å². The molecule has 0 aromatic rings. The molecule has 0 bridgehead atoms. The van der Waals surface area contributed by atoms with Gasteiger partial charge in [0.25, 0.3) is 0 Å². The van der Waals surface area contributed by atoms with E-state index in [2.05, 4.69) is 27.7 Å². The van der Waals surface area contributed by atoms with Crippen molar-refractivity contribution >= 4 is 0 Å². The molecular formula is C17H32O4. The Morgan fingerprint density at radius 3 is 2.48 bits per heavy atom. The van der Waals surface area contributed by atoms with Gasteiger partial charge in [0.1, 0.15) is 0 Å². The van der Waals surface area contributed by atoms with Crippen LogP contribution in [0.4, 0.5) is 0 Å². The predicted molar refractivity (Wildman–Crippen MR) is 82.0 cm³/mol. The molecule has 3 heterocycles. The van der Waals surface area contributed by atoms with Crippen molar-refractivity contribution in [2.45, 2.75) is 71.9 Å². The summed E-state index contributed by atoms with van der Waals surface area (Å²) in [6, 6.07) is 0.